The van der Waals surface area contributed by atoms with Crippen LogP contribution in [0.25, 0.3) is 0 Å². The van der Waals surface area contributed by atoms with Crippen molar-refractivity contribution in [2.24, 2.45) is 5.73 Å². The molecule has 7 heteroatoms. The van der Waals surface area contributed by atoms with Gasteiger partial charge in [-0.2, -0.15) is 0 Å². The smallest absolute Gasteiger partial charge is 0.404 e. The number of nitrogens with zero attached hydrogens (tertiary/aromatic N) is 1. The summed E-state index contributed by atoms with van der Waals surface area (Å²) in [5, 5.41) is 3.22. The van der Waals surface area contributed by atoms with Gasteiger partial charge in [-0.3, -0.25) is 4.79 Å². The van der Waals surface area contributed by atoms with Crippen molar-refractivity contribution in [2.75, 3.05) is 31.2 Å². The van der Waals surface area contributed by atoms with Crippen LogP contribution >= 0.6 is 0 Å². The van der Waals surface area contributed by atoms with E-state index < -0.39 is 6.09 Å². The molecular formula is C18H22N4O3. The first-order valence-corrected chi connectivity index (χ1v) is 7.77. The summed E-state index contributed by atoms with van der Waals surface area (Å²) in [5.41, 5.74) is 14.7. The molecule has 0 radical (unpaired) electrons. The van der Waals surface area contributed by atoms with Crippen LogP contribution in [0.1, 0.15) is 15.9 Å². The maximum absolute atomic E-state index is 12.4. The van der Waals surface area contributed by atoms with Crippen molar-refractivity contribution in [1.29, 1.82) is 0 Å². The summed E-state index contributed by atoms with van der Waals surface area (Å²) in [5.74, 6) is -0.221. The fourth-order valence-corrected chi connectivity index (χ4v) is 2.21. The molecule has 7 nitrogen and oxygen atoms in total. The molecule has 0 aliphatic carbocycles. The van der Waals surface area contributed by atoms with Gasteiger partial charge in [-0.05, 0) is 37.3 Å². The average molecular weight is 342 g/mol. The van der Waals surface area contributed by atoms with Crippen molar-refractivity contribution in [3.05, 3.63) is 53.6 Å². The Labute approximate surface area is 146 Å². The molecule has 2 amide bonds. The SMILES string of the molecule is Cc1ccc(Nc2ccc(C(=O)N(C)CCOC(N)=O)cc2N)cc1. The predicted molar refractivity (Wildman–Crippen MR) is 97.8 cm³/mol. The number of nitrogens with one attached hydrogen (secondary N) is 1. The molecule has 0 heterocycles. The molecule has 2 rings (SSSR count). The largest absolute Gasteiger partial charge is 0.448 e. The lowest BCUT2D eigenvalue weighted by atomic mass is 10.1. The normalized spacial score (nSPS) is 10.2. The Kier molecular flexibility index (Phi) is 5.84. The molecule has 0 unspecified atom stereocenters. The quantitative estimate of drug-likeness (QED) is 0.699. The van der Waals surface area contributed by atoms with Crippen LogP contribution in [0, 0.1) is 6.92 Å². The molecule has 0 saturated carbocycles. The third kappa shape index (κ3) is 5.13. The van der Waals surface area contributed by atoms with Crippen molar-refractivity contribution in [2.45, 2.75) is 6.92 Å². The zero-order chi connectivity index (χ0) is 18.4. The van der Waals surface area contributed by atoms with Crippen molar-refractivity contribution in [3.63, 3.8) is 0 Å². The Hall–Kier alpha value is -3.22. The monoisotopic (exact) mass is 342 g/mol. The Morgan fingerprint density at radius 1 is 1.16 bits per heavy atom. The highest BCUT2D eigenvalue weighted by Crippen LogP contribution is 2.25. The van der Waals surface area contributed by atoms with Crippen molar-refractivity contribution < 1.29 is 14.3 Å². The minimum Gasteiger partial charge on any atom is -0.448 e. The van der Waals surface area contributed by atoms with E-state index in [4.69, 9.17) is 11.5 Å². The van der Waals surface area contributed by atoms with E-state index in [9.17, 15) is 9.59 Å². The van der Waals surface area contributed by atoms with Crippen LogP contribution in [0.2, 0.25) is 0 Å². The minimum absolute atomic E-state index is 0.0418. The number of primary amides is 1. The number of nitrogen functional groups attached to an aromatic ring is 1. The van der Waals surface area contributed by atoms with Gasteiger partial charge < -0.3 is 26.4 Å². The molecule has 0 atom stereocenters. The van der Waals surface area contributed by atoms with Crippen LogP contribution in [0.4, 0.5) is 21.9 Å². The number of hydrogen-bond acceptors (Lipinski definition) is 5. The first-order chi connectivity index (χ1) is 11.9. The van der Waals surface area contributed by atoms with Gasteiger partial charge in [0, 0.05) is 18.3 Å². The van der Waals surface area contributed by atoms with Gasteiger partial charge in [0.05, 0.1) is 17.9 Å². The fraction of sp³-hybridized carbons (Fsp3) is 0.222. The summed E-state index contributed by atoms with van der Waals surface area (Å²) in [7, 11) is 1.61. The average Bonchev–Trinajstić information content (AvgIpc) is 2.57. The third-order valence-electron chi connectivity index (χ3n) is 3.65. The lowest BCUT2D eigenvalue weighted by Gasteiger charge is -2.18. The zero-order valence-electron chi connectivity index (χ0n) is 14.3. The van der Waals surface area contributed by atoms with Crippen LogP contribution in [0.3, 0.4) is 0 Å². The number of benzene rings is 2. The summed E-state index contributed by atoms with van der Waals surface area (Å²) in [6.07, 6.45) is -0.864. The number of carbonyl (C=O) groups excluding carboxylic acids is 2. The molecular weight excluding hydrogens is 320 g/mol. The van der Waals surface area contributed by atoms with E-state index in [-0.39, 0.29) is 19.1 Å². The maximum Gasteiger partial charge on any atom is 0.404 e. The lowest BCUT2D eigenvalue weighted by molar-refractivity contribution is 0.0750. The van der Waals surface area contributed by atoms with E-state index in [0.717, 1.165) is 11.4 Å². The summed E-state index contributed by atoms with van der Waals surface area (Å²) < 4.78 is 4.63. The van der Waals surface area contributed by atoms with E-state index in [1.807, 2.05) is 31.2 Å². The number of likely N-dealkylation sites (N-methyl/N-ethyl adjacent to an activating group) is 1. The molecule has 0 aliphatic heterocycles. The summed E-state index contributed by atoms with van der Waals surface area (Å²) >= 11 is 0. The highest BCUT2D eigenvalue weighted by atomic mass is 16.5. The number of anilines is 3. The highest BCUT2D eigenvalue weighted by Gasteiger charge is 2.13. The van der Waals surface area contributed by atoms with Gasteiger partial charge >= 0.3 is 6.09 Å². The second-order valence-corrected chi connectivity index (χ2v) is 5.69. The second kappa shape index (κ2) is 8.05. The molecule has 2 aromatic rings. The molecule has 0 spiro atoms. The van der Waals surface area contributed by atoms with Gasteiger partial charge in [-0.15, -0.1) is 0 Å². The molecule has 0 fully saturated rings. The van der Waals surface area contributed by atoms with Gasteiger partial charge in [0.1, 0.15) is 6.61 Å². The van der Waals surface area contributed by atoms with E-state index in [1.54, 1.807) is 25.2 Å². The number of ether oxygens (including phenoxy) is 1. The Morgan fingerprint density at radius 2 is 1.84 bits per heavy atom. The molecule has 132 valence electrons. The molecule has 2 aromatic carbocycles. The fourth-order valence-electron chi connectivity index (χ4n) is 2.21. The van der Waals surface area contributed by atoms with Crippen molar-refractivity contribution >= 4 is 29.1 Å². The maximum atomic E-state index is 12.4. The van der Waals surface area contributed by atoms with Crippen LogP contribution in [-0.4, -0.2) is 37.1 Å². The topological polar surface area (TPSA) is 111 Å². The molecule has 0 bridgehead atoms. The number of amides is 2. The van der Waals surface area contributed by atoms with Gasteiger partial charge in [0.15, 0.2) is 0 Å². The molecule has 0 aromatic heterocycles. The number of carbonyl (C=O) groups is 2. The molecule has 25 heavy (non-hydrogen) atoms. The van der Waals surface area contributed by atoms with Crippen LogP contribution in [0.5, 0.6) is 0 Å². The number of rotatable bonds is 6. The lowest BCUT2D eigenvalue weighted by Crippen LogP contribution is -2.31. The Bertz CT molecular complexity index is 759. The first-order valence-electron chi connectivity index (χ1n) is 7.77. The summed E-state index contributed by atoms with van der Waals surface area (Å²) in [6.45, 7) is 2.30. The Morgan fingerprint density at radius 3 is 2.44 bits per heavy atom. The molecule has 0 saturated heterocycles. The predicted octanol–water partition coefficient (Wildman–Crippen LogP) is 2.49. The van der Waals surface area contributed by atoms with Gasteiger partial charge in [0.25, 0.3) is 5.91 Å². The van der Waals surface area contributed by atoms with Gasteiger partial charge in [0.2, 0.25) is 0 Å². The number of nitrogens with two attached hydrogens (primary N) is 2. The zero-order valence-corrected chi connectivity index (χ0v) is 14.3. The minimum atomic E-state index is -0.864. The van der Waals surface area contributed by atoms with Crippen molar-refractivity contribution in [3.8, 4) is 0 Å². The first kappa shape index (κ1) is 18.1. The molecule has 5 N–H and O–H groups in total. The highest BCUT2D eigenvalue weighted by molar-refractivity contribution is 5.96. The third-order valence-corrected chi connectivity index (χ3v) is 3.65. The molecule has 0 aliphatic rings. The number of hydrogen-bond donors (Lipinski definition) is 3. The standard InChI is InChI=1S/C18H22N4O3/c1-12-3-6-14(7-4-12)21-16-8-5-13(11-15(16)19)17(23)22(2)9-10-25-18(20)24/h3-8,11,21H,9-10,19H2,1-2H3,(H2,20,24). The van der Waals surface area contributed by atoms with Gasteiger partial charge in [-0.1, -0.05) is 17.7 Å². The van der Waals surface area contributed by atoms with E-state index in [2.05, 4.69) is 10.1 Å². The van der Waals surface area contributed by atoms with Crippen LogP contribution < -0.4 is 16.8 Å². The Balaban J connectivity index is 2.03. The number of aryl methyl sites for hydroxylation is 1. The summed E-state index contributed by atoms with van der Waals surface area (Å²) in [4.78, 5) is 24.3. The van der Waals surface area contributed by atoms with E-state index >= 15 is 0 Å². The van der Waals surface area contributed by atoms with Crippen LogP contribution in [0.15, 0.2) is 42.5 Å². The van der Waals surface area contributed by atoms with E-state index in [0.29, 0.717) is 11.3 Å². The van der Waals surface area contributed by atoms with E-state index in [1.165, 1.54) is 10.5 Å². The second-order valence-electron chi connectivity index (χ2n) is 5.69. The van der Waals surface area contributed by atoms with Gasteiger partial charge in [-0.25, -0.2) is 4.79 Å². The van der Waals surface area contributed by atoms with Crippen LogP contribution in [-0.2, 0) is 4.74 Å². The van der Waals surface area contributed by atoms with Crippen molar-refractivity contribution in [1.82, 2.24) is 4.90 Å². The summed E-state index contributed by atoms with van der Waals surface area (Å²) in [6, 6.07) is 13.0.